The van der Waals surface area contributed by atoms with Gasteiger partial charge < -0.3 is 21.9 Å². The first kappa shape index (κ1) is 13.8. The van der Waals surface area contributed by atoms with E-state index in [1.165, 1.54) is 0 Å². The predicted octanol–water partition coefficient (Wildman–Crippen LogP) is -1.48. The van der Waals surface area contributed by atoms with Gasteiger partial charge in [0.15, 0.2) is 0 Å². The lowest BCUT2D eigenvalue weighted by Gasteiger charge is -2.40. The highest BCUT2D eigenvalue weighted by atomic mass is 16.3. The highest BCUT2D eigenvalue weighted by molar-refractivity contribution is 4.90. The number of hydrogen-bond donors (Lipinski definition) is 4. The number of aliphatic hydroxyl groups is 1. The van der Waals surface area contributed by atoms with E-state index < -0.39 is 11.8 Å². The molecule has 6 N–H and O–H groups in total. The average molecular weight is 204 g/mol. The fourth-order valence-corrected chi connectivity index (χ4v) is 1.32. The summed E-state index contributed by atoms with van der Waals surface area (Å²) in [5, 5.41) is 12.9. The summed E-state index contributed by atoms with van der Waals surface area (Å²) in [4.78, 5) is 1.84. The van der Waals surface area contributed by atoms with Crippen LogP contribution in [0.3, 0.4) is 0 Å². The van der Waals surface area contributed by atoms with Crippen molar-refractivity contribution in [1.29, 1.82) is 0 Å². The number of hydrogen-bond acceptors (Lipinski definition) is 5. The third kappa shape index (κ3) is 3.51. The van der Waals surface area contributed by atoms with Crippen LogP contribution in [-0.2, 0) is 0 Å². The van der Waals surface area contributed by atoms with Crippen LogP contribution in [0.5, 0.6) is 0 Å². The van der Waals surface area contributed by atoms with Crippen LogP contribution in [0.1, 0.15) is 13.3 Å². The van der Waals surface area contributed by atoms with Gasteiger partial charge >= 0.3 is 0 Å². The average Bonchev–Trinajstić information content (AvgIpc) is 2.16. The summed E-state index contributed by atoms with van der Waals surface area (Å²) in [7, 11) is 3.73. The van der Waals surface area contributed by atoms with Crippen molar-refractivity contribution in [1.82, 2.24) is 10.2 Å². The number of nitrogens with one attached hydrogen (secondary N) is 1. The molecule has 86 valence electrons. The molecule has 0 radical (unpaired) electrons. The van der Waals surface area contributed by atoms with Crippen LogP contribution in [0.25, 0.3) is 0 Å². The minimum atomic E-state index is -0.718. The molecule has 0 spiro atoms. The molecule has 2 unspecified atom stereocenters. The van der Waals surface area contributed by atoms with Crippen LogP contribution < -0.4 is 16.8 Å². The van der Waals surface area contributed by atoms with Crippen LogP contribution in [-0.4, -0.2) is 55.5 Å². The zero-order valence-electron chi connectivity index (χ0n) is 9.45. The van der Waals surface area contributed by atoms with E-state index in [4.69, 9.17) is 11.5 Å². The molecule has 0 aromatic carbocycles. The quantitative estimate of drug-likeness (QED) is 0.300. The summed E-state index contributed by atoms with van der Waals surface area (Å²) in [6.07, 6.45) is 0.0988. The Morgan fingerprint density at radius 3 is 2.43 bits per heavy atom. The smallest absolute Gasteiger partial charge is 0.108 e. The minimum absolute atomic E-state index is 0.534. The zero-order chi connectivity index (χ0) is 11.2. The summed E-state index contributed by atoms with van der Waals surface area (Å²) in [6.45, 7) is 3.74. The normalized spacial score (nSPS) is 18.2. The van der Waals surface area contributed by atoms with E-state index in [0.717, 1.165) is 0 Å². The molecule has 0 aliphatic rings. The zero-order valence-corrected chi connectivity index (χ0v) is 9.45. The fraction of sp³-hybridized carbons (Fsp3) is 1.00. The Hall–Kier alpha value is -0.200. The second-order valence-corrected chi connectivity index (χ2v) is 3.78. The van der Waals surface area contributed by atoms with Crippen molar-refractivity contribution in [3.63, 3.8) is 0 Å². The maximum absolute atomic E-state index is 9.81. The van der Waals surface area contributed by atoms with Gasteiger partial charge in [-0.25, -0.2) is 0 Å². The van der Waals surface area contributed by atoms with Gasteiger partial charge in [0, 0.05) is 19.6 Å². The molecule has 0 heterocycles. The van der Waals surface area contributed by atoms with Gasteiger partial charge in [0.1, 0.15) is 5.66 Å². The first-order chi connectivity index (χ1) is 6.49. The second kappa shape index (κ2) is 6.31. The molecule has 0 rings (SSSR count). The first-order valence-electron chi connectivity index (χ1n) is 5.04. The molecule has 0 saturated carbocycles. The van der Waals surface area contributed by atoms with Gasteiger partial charge in [-0.3, -0.25) is 4.90 Å². The van der Waals surface area contributed by atoms with Crippen LogP contribution in [0.2, 0.25) is 0 Å². The predicted molar refractivity (Wildman–Crippen MR) is 58.8 cm³/mol. The van der Waals surface area contributed by atoms with Crippen LogP contribution in [0.15, 0.2) is 0 Å². The standard InChI is InChI=1S/C9H24N4O/c1-4-8(14)9(11,13(2)3)7-12-6-5-10/h8,12,14H,4-7,10-11H2,1-3H3. The molecule has 0 aromatic rings. The van der Waals surface area contributed by atoms with Crippen molar-refractivity contribution in [2.45, 2.75) is 25.1 Å². The molecule has 2 atom stereocenters. The Balaban J connectivity index is 4.24. The number of rotatable bonds is 7. The summed E-state index contributed by atoms with van der Waals surface area (Å²) in [6, 6.07) is 0. The van der Waals surface area contributed by atoms with E-state index in [0.29, 0.717) is 26.1 Å². The third-order valence-electron chi connectivity index (χ3n) is 2.53. The van der Waals surface area contributed by atoms with Gasteiger partial charge in [0.2, 0.25) is 0 Å². The molecule has 0 aromatic heterocycles. The number of nitrogens with two attached hydrogens (primary N) is 2. The fourth-order valence-electron chi connectivity index (χ4n) is 1.32. The second-order valence-electron chi connectivity index (χ2n) is 3.78. The van der Waals surface area contributed by atoms with Gasteiger partial charge in [-0.05, 0) is 20.5 Å². The number of nitrogens with zero attached hydrogens (tertiary/aromatic N) is 1. The van der Waals surface area contributed by atoms with E-state index in [-0.39, 0.29) is 0 Å². The van der Waals surface area contributed by atoms with Crippen molar-refractivity contribution >= 4 is 0 Å². The Labute approximate surface area is 86.4 Å². The number of aliphatic hydroxyl groups excluding tert-OH is 1. The largest absolute Gasteiger partial charge is 0.390 e. The van der Waals surface area contributed by atoms with Gasteiger partial charge in [-0.2, -0.15) is 0 Å². The highest BCUT2D eigenvalue weighted by Gasteiger charge is 2.34. The topological polar surface area (TPSA) is 87.5 Å². The van der Waals surface area contributed by atoms with Crippen molar-refractivity contribution in [2.24, 2.45) is 11.5 Å². The summed E-state index contributed by atoms with van der Waals surface area (Å²) in [5.74, 6) is 0. The Morgan fingerprint density at radius 1 is 1.50 bits per heavy atom. The lowest BCUT2D eigenvalue weighted by molar-refractivity contribution is -0.00469. The lowest BCUT2D eigenvalue weighted by atomic mass is 10.0. The SMILES string of the molecule is CCC(O)C(N)(CNCCN)N(C)C. The molecule has 0 aliphatic heterocycles. The minimum Gasteiger partial charge on any atom is -0.390 e. The molecule has 5 nitrogen and oxygen atoms in total. The maximum atomic E-state index is 9.81. The molecular weight excluding hydrogens is 180 g/mol. The van der Waals surface area contributed by atoms with Gasteiger partial charge in [-0.15, -0.1) is 0 Å². The van der Waals surface area contributed by atoms with Gasteiger partial charge in [0.05, 0.1) is 6.10 Å². The maximum Gasteiger partial charge on any atom is 0.108 e. The molecule has 0 bridgehead atoms. The van der Waals surface area contributed by atoms with Crippen molar-refractivity contribution in [2.75, 3.05) is 33.7 Å². The lowest BCUT2D eigenvalue weighted by Crippen LogP contribution is -2.66. The summed E-state index contributed by atoms with van der Waals surface area (Å²) >= 11 is 0. The molecule has 0 aliphatic carbocycles. The van der Waals surface area contributed by atoms with E-state index in [1.807, 2.05) is 25.9 Å². The Bertz CT molecular complexity index is 154. The van der Waals surface area contributed by atoms with E-state index in [2.05, 4.69) is 5.32 Å². The summed E-state index contributed by atoms with van der Waals surface area (Å²) in [5.41, 5.74) is 10.8. The first-order valence-corrected chi connectivity index (χ1v) is 5.04. The van der Waals surface area contributed by atoms with Crippen LogP contribution in [0.4, 0.5) is 0 Å². The molecule has 14 heavy (non-hydrogen) atoms. The number of likely N-dealkylation sites (N-methyl/N-ethyl adjacent to an activating group) is 1. The van der Waals surface area contributed by atoms with Crippen LogP contribution in [0, 0.1) is 0 Å². The molecule has 5 heteroatoms. The highest BCUT2D eigenvalue weighted by Crippen LogP contribution is 2.12. The summed E-state index contributed by atoms with van der Waals surface area (Å²) < 4.78 is 0. The molecule has 0 saturated heterocycles. The van der Waals surface area contributed by atoms with Crippen LogP contribution >= 0.6 is 0 Å². The van der Waals surface area contributed by atoms with Crippen molar-refractivity contribution in [3.8, 4) is 0 Å². The molecular formula is C9H24N4O. The monoisotopic (exact) mass is 204 g/mol. The van der Waals surface area contributed by atoms with Gasteiger partial charge in [-0.1, -0.05) is 6.92 Å². The Kier molecular flexibility index (Phi) is 6.22. The van der Waals surface area contributed by atoms with E-state index >= 15 is 0 Å². The molecule has 0 amide bonds. The Morgan fingerprint density at radius 2 is 2.07 bits per heavy atom. The van der Waals surface area contributed by atoms with E-state index in [9.17, 15) is 5.11 Å². The van der Waals surface area contributed by atoms with Crippen molar-refractivity contribution < 1.29 is 5.11 Å². The third-order valence-corrected chi connectivity index (χ3v) is 2.53. The van der Waals surface area contributed by atoms with E-state index in [1.54, 1.807) is 0 Å². The van der Waals surface area contributed by atoms with Crippen molar-refractivity contribution in [3.05, 3.63) is 0 Å². The molecule has 0 fully saturated rings. The van der Waals surface area contributed by atoms with Gasteiger partial charge in [0.25, 0.3) is 0 Å².